The Kier molecular flexibility index (Phi) is 5.87. The van der Waals surface area contributed by atoms with Gasteiger partial charge in [-0.25, -0.2) is 0 Å². The van der Waals surface area contributed by atoms with E-state index in [2.05, 4.69) is 16.2 Å². The molecule has 0 aliphatic heterocycles. The van der Waals surface area contributed by atoms with Crippen molar-refractivity contribution in [2.75, 3.05) is 5.32 Å². The van der Waals surface area contributed by atoms with Gasteiger partial charge in [0.15, 0.2) is 10.9 Å². The van der Waals surface area contributed by atoms with Gasteiger partial charge in [0.25, 0.3) is 5.69 Å². The summed E-state index contributed by atoms with van der Waals surface area (Å²) in [4.78, 5) is 22.4. The van der Waals surface area contributed by atoms with Crippen LogP contribution in [-0.4, -0.2) is 15.9 Å². The molecular formula is C18H13ClN4O4S. The molecule has 142 valence electrons. The summed E-state index contributed by atoms with van der Waals surface area (Å²) in [6.45, 7) is 0. The van der Waals surface area contributed by atoms with Crippen molar-refractivity contribution in [1.29, 1.82) is 0 Å². The van der Waals surface area contributed by atoms with Crippen LogP contribution in [0.2, 0.25) is 5.02 Å². The maximum absolute atomic E-state index is 12.2. The fourth-order valence-corrected chi connectivity index (χ4v) is 2.53. The molecule has 1 amide bonds. The number of halogens is 1. The number of hydrogen-bond donors (Lipinski definition) is 3. The average molecular weight is 417 g/mol. The molecule has 0 unspecified atom stereocenters. The first-order valence-electron chi connectivity index (χ1n) is 7.90. The quantitative estimate of drug-likeness (QED) is 0.333. The molecule has 10 heteroatoms. The number of nitro benzene ring substituents is 1. The zero-order chi connectivity index (χ0) is 20.1. The van der Waals surface area contributed by atoms with Crippen molar-refractivity contribution in [3.05, 3.63) is 81.6 Å². The van der Waals surface area contributed by atoms with Crippen LogP contribution in [0.5, 0.6) is 0 Å². The van der Waals surface area contributed by atoms with Gasteiger partial charge in [0.1, 0.15) is 5.76 Å². The highest BCUT2D eigenvalue weighted by atomic mass is 35.5. The Hall–Kier alpha value is -3.43. The summed E-state index contributed by atoms with van der Waals surface area (Å²) in [5.74, 6) is -0.0783. The Labute approximate surface area is 169 Å². The van der Waals surface area contributed by atoms with Crippen molar-refractivity contribution in [1.82, 2.24) is 10.9 Å². The normalized spacial score (nSPS) is 10.2. The van der Waals surface area contributed by atoms with E-state index in [4.69, 9.17) is 28.2 Å². The fraction of sp³-hybridized carbons (Fsp3) is 0. The highest BCUT2D eigenvalue weighted by Crippen LogP contribution is 2.24. The van der Waals surface area contributed by atoms with Gasteiger partial charge in [-0.05, 0) is 60.7 Å². The van der Waals surface area contributed by atoms with Crippen LogP contribution >= 0.6 is 23.8 Å². The molecule has 0 fully saturated rings. The number of nitrogens with zero attached hydrogens (tertiary/aromatic N) is 1. The van der Waals surface area contributed by atoms with E-state index in [0.717, 1.165) is 0 Å². The Morgan fingerprint density at radius 3 is 2.32 bits per heavy atom. The first-order chi connectivity index (χ1) is 13.4. The van der Waals surface area contributed by atoms with Crippen molar-refractivity contribution in [3.63, 3.8) is 0 Å². The Morgan fingerprint density at radius 1 is 1.00 bits per heavy atom. The van der Waals surface area contributed by atoms with Gasteiger partial charge >= 0.3 is 5.91 Å². The summed E-state index contributed by atoms with van der Waals surface area (Å²) in [6.07, 6.45) is 0. The zero-order valence-corrected chi connectivity index (χ0v) is 15.7. The molecule has 3 rings (SSSR count). The lowest BCUT2D eigenvalue weighted by molar-refractivity contribution is -0.384. The van der Waals surface area contributed by atoms with Crippen LogP contribution in [-0.2, 0) is 0 Å². The van der Waals surface area contributed by atoms with Gasteiger partial charge in [0.2, 0.25) is 0 Å². The fourth-order valence-electron chi connectivity index (χ4n) is 2.23. The third-order valence-corrected chi connectivity index (χ3v) is 4.04. The molecule has 0 saturated carbocycles. The molecule has 0 spiro atoms. The second kappa shape index (κ2) is 8.51. The minimum Gasteiger partial charge on any atom is -0.451 e. The number of carbonyl (C=O) groups is 1. The summed E-state index contributed by atoms with van der Waals surface area (Å²) in [5, 5.41) is 14.4. The second-order valence-electron chi connectivity index (χ2n) is 5.51. The Bertz CT molecular complexity index is 1020. The number of benzene rings is 2. The van der Waals surface area contributed by atoms with Crippen LogP contribution in [0.3, 0.4) is 0 Å². The SMILES string of the molecule is O=C(NNC(=S)Nc1ccc(Cl)cc1)c1ccc(-c2ccc([N+](=O)[O-])cc2)o1. The van der Waals surface area contributed by atoms with Gasteiger partial charge in [-0.2, -0.15) is 0 Å². The molecular weight excluding hydrogens is 404 g/mol. The van der Waals surface area contributed by atoms with E-state index < -0.39 is 10.8 Å². The molecule has 28 heavy (non-hydrogen) atoms. The summed E-state index contributed by atoms with van der Waals surface area (Å²) in [6, 6.07) is 15.8. The maximum Gasteiger partial charge on any atom is 0.305 e. The van der Waals surface area contributed by atoms with E-state index in [-0.39, 0.29) is 16.6 Å². The monoisotopic (exact) mass is 416 g/mol. The number of hydrazine groups is 1. The van der Waals surface area contributed by atoms with Crippen LogP contribution < -0.4 is 16.2 Å². The number of non-ortho nitro benzene ring substituents is 1. The molecule has 8 nitrogen and oxygen atoms in total. The first kappa shape index (κ1) is 19.3. The average Bonchev–Trinajstić information content (AvgIpc) is 3.18. The van der Waals surface area contributed by atoms with Crippen LogP contribution in [0.25, 0.3) is 11.3 Å². The van der Waals surface area contributed by atoms with E-state index in [1.165, 1.54) is 18.2 Å². The smallest absolute Gasteiger partial charge is 0.305 e. The molecule has 0 bridgehead atoms. The van der Waals surface area contributed by atoms with E-state index in [1.54, 1.807) is 42.5 Å². The number of hydrogen-bond acceptors (Lipinski definition) is 5. The molecule has 1 heterocycles. The largest absolute Gasteiger partial charge is 0.451 e. The molecule has 3 aromatic rings. The molecule has 0 atom stereocenters. The van der Waals surface area contributed by atoms with Gasteiger partial charge in [0, 0.05) is 28.4 Å². The number of carbonyl (C=O) groups excluding carboxylic acids is 1. The van der Waals surface area contributed by atoms with Gasteiger partial charge in [-0.3, -0.25) is 25.8 Å². The molecule has 0 aliphatic rings. The summed E-state index contributed by atoms with van der Waals surface area (Å²) >= 11 is 10.9. The predicted molar refractivity (Wildman–Crippen MR) is 109 cm³/mol. The lowest BCUT2D eigenvalue weighted by Crippen LogP contribution is -2.43. The Balaban J connectivity index is 1.57. The van der Waals surface area contributed by atoms with Crippen molar-refractivity contribution >= 4 is 46.2 Å². The number of nitrogens with one attached hydrogen (secondary N) is 3. The Morgan fingerprint density at radius 2 is 1.68 bits per heavy atom. The number of rotatable bonds is 4. The zero-order valence-electron chi connectivity index (χ0n) is 14.1. The van der Waals surface area contributed by atoms with Gasteiger partial charge in [0.05, 0.1) is 4.92 Å². The third kappa shape index (κ3) is 4.84. The first-order valence-corrected chi connectivity index (χ1v) is 8.68. The lowest BCUT2D eigenvalue weighted by atomic mass is 10.1. The highest BCUT2D eigenvalue weighted by molar-refractivity contribution is 7.80. The molecule has 0 saturated heterocycles. The number of anilines is 1. The second-order valence-corrected chi connectivity index (χ2v) is 6.35. The number of amides is 1. The van der Waals surface area contributed by atoms with E-state index in [1.807, 2.05) is 0 Å². The minimum atomic E-state index is -0.534. The van der Waals surface area contributed by atoms with Crippen LogP contribution in [0.4, 0.5) is 11.4 Å². The molecule has 1 aromatic heterocycles. The van der Waals surface area contributed by atoms with Gasteiger partial charge in [-0.1, -0.05) is 11.6 Å². The number of furan rings is 1. The van der Waals surface area contributed by atoms with Gasteiger partial charge in [-0.15, -0.1) is 0 Å². The summed E-state index contributed by atoms with van der Waals surface area (Å²) in [5.41, 5.74) is 6.27. The van der Waals surface area contributed by atoms with Crippen LogP contribution in [0.15, 0.2) is 65.1 Å². The standard InChI is InChI=1S/C18H13ClN4O4S/c19-12-3-5-13(6-4-12)20-18(28)22-21-17(24)16-10-9-15(27-16)11-1-7-14(8-2-11)23(25)26/h1-10H,(H,21,24)(H2,20,22,28). The van der Waals surface area contributed by atoms with Gasteiger partial charge < -0.3 is 9.73 Å². The minimum absolute atomic E-state index is 0.0285. The summed E-state index contributed by atoms with van der Waals surface area (Å²) < 4.78 is 5.50. The van der Waals surface area contributed by atoms with E-state index in [9.17, 15) is 14.9 Å². The van der Waals surface area contributed by atoms with Crippen LogP contribution in [0.1, 0.15) is 10.6 Å². The predicted octanol–water partition coefficient (Wildman–Crippen LogP) is 4.14. The molecule has 3 N–H and O–H groups in total. The molecule has 2 aromatic carbocycles. The third-order valence-electron chi connectivity index (χ3n) is 3.58. The maximum atomic E-state index is 12.2. The number of nitro groups is 1. The molecule has 0 radical (unpaired) electrons. The molecule has 0 aliphatic carbocycles. The lowest BCUT2D eigenvalue weighted by Gasteiger charge is -2.10. The van der Waals surface area contributed by atoms with E-state index >= 15 is 0 Å². The van der Waals surface area contributed by atoms with Crippen molar-refractivity contribution in [2.24, 2.45) is 0 Å². The summed E-state index contributed by atoms with van der Waals surface area (Å²) in [7, 11) is 0. The highest BCUT2D eigenvalue weighted by Gasteiger charge is 2.13. The van der Waals surface area contributed by atoms with Crippen molar-refractivity contribution in [2.45, 2.75) is 0 Å². The van der Waals surface area contributed by atoms with Crippen LogP contribution in [0, 0.1) is 10.1 Å². The van der Waals surface area contributed by atoms with E-state index in [0.29, 0.717) is 22.0 Å². The van der Waals surface area contributed by atoms with Crippen molar-refractivity contribution in [3.8, 4) is 11.3 Å². The topological polar surface area (TPSA) is 109 Å². The van der Waals surface area contributed by atoms with Crippen molar-refractivity contribution < 1.29 is 14.1 Å². The number of thiocarbonyl (C=S) groups is 1.